The number of amides is 1. The molecule has 2 heterocycles. The zero-order valence-corrected chi connectivity index (χ0v) is 9.37. The van der Waals surface area contributed by atoms with Gasteiger partial charge in [-0.2, -0.15) is 0 Å². The van der Waals surface area contributed by atoms with Gasteiger partial charge in [-0.15, -0.1) is 0 Å². The minimum atomic E-state index is -0.162. The standard InChI is InChI=1S/C11H20N2O2/c1-13(9-4-6-12-7-5-9)11(14)10-3-2-8-15-10/h9-10,12H,2-8H2,1H3/t10-/m0/s1. The van der Waals surface area contributed by atoms with Crippen molar-refractivity contribution in [2.24, 2.45) is 0 Å². The molecule has 4 heteroatoms. The van der Waals surface area contributed by atoms with Crippen LogP contribution in [0.2, 0.25) is 0 Å². The molecule has 1 atom stereocenters. The lowest BCUT2D eigenvalue weighted by Crippen LogP contribution is -2.47. The molecule has 2 aliphatic heterocycles. The Bertz CT molecular complexity index is 221. The van der Waals surface area contributed by atoms with Crippen molar-refractivity contribution in [3.63, 3.8) is 0 Å². The molecule has 0 radical (unpaired) electrons. The van der Waals surface area contributed by atoms with Crippen molar-refractivity contribution in [3.8, 4) is 0 Å². The Labute approximate surface area is 91.0 Å². The molecule has 0 aromatic carbocycles. The Balaban J connectivity index is 1.87. The number of likely N-dealkylation sites (N-methyl/N-ethyl adjacent to an activating group) is 1. The molecule has 0 saturated carbocycles. The van der Waals surface area contributed by atoms with Crippen LogP contribution in [-0.2, 0) is 9.53 Å². The van der Waals surface area contributed by atoms with Crippen LogP contribution in [0.15, 0.2) is 0 Å². The lowest BCUT2D eigenvalue weighted by Gasteiger charge is -2.33. The van der Waals surface area contributed by atoms with Gasteiger partial charge in [-0.3, -0.25) is 4.79 Å². The van der Waals surface area contributed by atoms with Gasteiger partial charge in [0.25, 0.3) is 5.91 Å². The summed E-state index contributed by atoms with van der Waals surface area (Å²) in [5, 5.41) is 3.31. The summed E-state index contributed by atoms with van der Waals surface area (Å²) in [5.41, 5.74) is 0. The molecule has 0 unspecified atom stereocenters. The van der Waals surface area contributed by atoms with Crippen LogP contribution >= 0.6 is 0 Å². The maximum absolute atomic E-state index is 12.0. The van der Waals surface area contributed by atoms with Crippen LogP contribution in [0.25, 0.3) is 0 Å². The molecule has 2 rings (SSSR count). The van der Waals surface area contributed by atoms with Crippen LogP contribution < -0.4 is 5.32 Å². The highest BCUT2D eigenvalue weighted by atomic mass is 16.5. The maximum atomic E-state index is 12.0. The highest BCUT2D eigenvalue weighted by Gasteiger charge is 2.30. The molecule has 0 aromatic rings. The van der Waals surface area contributed by atoms with Crippen LogP contribution in [0.1, 0.15) is 25.7 Å². The maximum Gasteiger partial charge on any atom is 0.251 e. The van der Waals surface area contributed by atoms with Crippen LogP contribution in [0.3, 0.4) is 0 Å². The summed E-state index contributed by atoms with van der Waals surface area (Å²) >= 11 is 0. The van der Waals surface area contributed by atoms with Crippen molar-refractivity contribution in [3.05, 3.63) is 0 Å². The summed E-state index contributed by atoms with van der Waals surface area (Å²) < 4.78 is 5.42. The van der Waals surface area contributed by atoms with Crippen LogP contribution in [0.4, 0.5) is 0 Å². The second kappa shape index (κ2) is 4.94. The largest absolute Gasteiger partial charge is 0.368 e. The van der Waals surface area contributed by atoms with Gasteiger partial charge >= 0.3 is 0 Å². The van der Waals surface area contributed by atoms with Crippen molar-refractivity contribution in [2.75, 3.05) is 26.7 Å². The molecular weight excluding hydrogens is 192 g/mol. The number of hydrogen-bond donors (Lipinski definition) is 1. The average Bonchev–Trinajstić information content (AvgIpc) is 2.82. The molecule has 2 fully saturated rings. The molecule has 1 amide bonds. The quantitative estimate of drug-likeness (QED) is 0.719. The normalized spacial score (nSPS) is 27.9. The summed E-state index contributed by atoms with van der Waals surface area (Å²) in [6, 6.07) is 0.406. The van der Waals surface area contributed by atoms with Crippen molar-refractivity contribution < 1.29 is 9.53 Å². The van der Waals surface area contributed by atoms with E-state index in [1.54, 1.807) is 0 Å². The topological polar surface area (TPSA) is 41.6 Å². The summed E-state index contributed by atoms with van der Waals surface area (Å²) in [5.74, 6) is 0.180. The van der Waals surface area contributed by atoms with Gasteiger partial charge in [-0.25, -0.2) is 0 Å². The number of rotatable bonds is 2. The van der Waals surface area contributed by atoms with Gasteiger partial charge in [-0.1, -0.05) is 0 Å². The minimum Gasteiger partial charge on any atom is -0.368 e. The van der Waals surface area contributed by atoms with Gasteiger partial charge in [-0.05, 0) is 38.8 Å². The number of ether oxygens (including phenoxy) is 1. The van der Waals surface area contributed by atoms with Gasteiger partial charge < -0.3 is 15.0 Å². The van der Waals surface area contributed by atoms with Gasteiger partial charge in [0, 0.05) is 19.7 Å². The molecular formula is C11H20N2O2. The molecule has 15 heavy (non-hydrogen) atoms. The van der Waals surface area contributed by atoms with E-state index in [1.807, 2.05) is 11.9 Å². The average molecular weight is 212 g/mol. The molecule has 2 saturated heterocycles. The molecule has 0 bridgehead atoms. The molecule has 0 aromatic heterocycles. The van der Waals surface area contributed by atoms with Gasteiger partial charge in [0.1, 0.15) is 6.10 Å². The predicted octanol–water partition coefficient (Wildman–Crippen LogP) is 0.376. The Morgan fingerprint density at radius 1 is 1.33 bits per heavy atom. The highest BCUT2D eigenvalue weighted by molar-refractivity contribution is 5.81. The Kier molecular flexibility index (Phi) is 3.59. The first kappa shape index (κ1) is 10.9. The van der Waals surface area contributed by atoms with E-state index in [0.717, 1.165) is 45.4 Å². The number of hydrogen-bond acceptors (Lipinski definition) is 3. The summed E-state index contributed by atoms with van der Waals surface area (Å²) in [6.07, 6.45) is 3.89. The minimum absolute atomic E-state index is 0.162. The molecule has 0 spiro atoms. The monoisotopic (exact) mass is 212 g/mol. The summed E-state index contributed by atoms with van der Waals surface area (Å²) in [7, 11) is 1.92. The van der Waals surface area contributed by atoms with E-state index in [4.69, 9.17) is 4.74 Å². The Morgan fingerprint density at radius 2 is 2.07 bits per heavy atom. The predicted molar refractivity (Wildman–Crippen MR) is 57.6 cm³/mol. The lowest BCUT2D eigenvalue weighted by molar-refractivity contribution is -0.142. The smallest absolute Gasteiger partial charge is 0.251 e. The van der Waals surface area contributed by atoms with Crippen LogP contribution in [0, 0.1) is 0 Å². The third-order valence-electron chi connectivity index (χ3n) is 3.41. The molecule has 0 aliphatic carbocycles. The lowest BCUT2D eigenvalue weighted by atomic mass is 10.0. The molecule has 86 valence electrons. The fourth-order valence-electron chi connectivity index (χ4n) is 2.37. The fraction of sp³-hybridized carbons (Fsp3) is 0.909. The van der Waals surface area contributed by atoms with E-state index in [1.165, 1.54) is 0 Å². The van der Waals surface area contributed by atoms with Crippen molar-refractivity contribution in [1.82, 2.24) is 10.2 Å². The number of carbonyl (C=O) groups is 1. The van der Waals surface area contributed by atoms with Crippen LogP contribution in [-0.4, -0.2) is 49.7 Å². The van der Waals surface area contributed by atoms with Crippen molar-refractivity contribution in [1.29, 1.82) is 0 Å². The second-order valence-corrected chi connectivity index (χ2v) is 4.43. The van der Waals surface area contributed by atoms with Crippen molar-refractivity contribution in [2.45, 2.75) is 37.8 Å². The SMILES string of the molecule is CN(C(=O)[C@@H]1CCCO1)C1CCNCC1. The number of piperidine rings is 1. The van der Waals surface area contributed by atoms with Crippen LogP contribution in [0.5, 0.6) is 0 Å². The number of carbonyl (C=O) groups excluding carboxylic acids is 1. The van der Waals surface area contributed by atoms with E-state index in [-0.39, 0.29) is 12.0 Å². The first-order valence-corrected chi connectivity index (χ1v) is 5.88. The summed E-state index contributed by atoms with van der Waals surface area (Å²) in [4.78, 5) is 13.9. The molecule has 1 N–H and O–H groups in total. The van der Waals surface area contributed by atoms with E-state index in [0.29, 0.717) is 6.04 Å². The zero-order valence-electron chi connectivity index (χ0n) is 9.37. The van der Waals surface area contributed by atoms with E-state index in [9.17, 15) is 4.79 Å². The van der Waals surface area contributed by atoms with Crippen molar-refractivity contribution >= 4 is 5.91 Å². The second-order valence-electron chi connectivity index (χ2n) is 4.43. The third kappa shape index (κ3) is 2.49. The zero-order chi connectivity index (χ0) is 10.7. The first-order valence-electron chi connectivity index (χ1n) is 5.88. The van der Waals surface area contributed by atoms with E-state index < -0.39 is 0 Å². The van der Waals surface area contributed by atoms with Gasteiger partial charge in [0.2, 0.25) is 0 Å². The van der Waals surface area contributed by atoms with E-state index >= 15 is 0 Å². The Morgan fingerprint density at radius 3 is 2.67 bits per heavy atom. The molecule has 2 aliphatic rings. The Hall–Kier alpha value is -0.610. The summed E-state index contributed by atoms with van der Waals surface area (Å²) in [6.45, 7) is 2.79. The van der Waals surface area contributed by atoms with Gasteiger partial charge in [0.05, 0.1) is 0 Å². The molecule has 4 nitrogen and oxygen atoms in total. The number of nitrogens with one attached hydrogen (secondary N) is 1. The third-order valence-corrected chi connectivity index (χ3v) is 3.41. The fourth-order valence-corrected chi connectivity index (χ4v) is 2.37. The van der Waals surface area contributed by atoms with E-state index in [2.05, 4.69) is 5.32 Å². The first-order chi connectivity index (χ1) is 7.29. The number of nitrogens with zero attached hydrogens (tertiary/aromatic N) is 1. The highest BCUT2D eigenvalue weighted by Crippen LogP contribution is 2.18. The van der Waals surface area contributed by atoms with Gasteiger partial charge in [0.15, 0.2) is 0 Å².